The van der Waals surface area contributed by atoms with Crippen LogP contribution in [0.4, 0.5) is 5.69 Å². The minimum absolute atomic E-state index is 0.0757. The molecule has 4 heterocycles. The van der Waals surface area contributed by atoms with Gasteiger partial charge in [0.2, 0.25) is 0 Å². The molecule has 2 saturated heterocycles. The van der Waals surface area contributed by atoms with Gasteiger partial charge >= 0.3 is 0 Å². The third kappa shape index (κ3) is 6.49. The van der Waals surface area contributed by atoms with Crippen molar-refractivity contribution in [3.05, 3.63) is 102 Å². The molecule has 0 saturated carbocycles. The topological polar surface area (TPSA) is 60.8 Å². The van der Waals surface area contributed by atoms with Crippen molar-refractivity contribution >= 4 is 23.0 Å². The van der Waals surface area contributed by atoms with E-state index in [0.717, 1.165) is 49.1 Å². The van der Waals surface area contributed by atoms with Gasteiger partial charge in [-0.15, -0.1) is 0 Å². The first-order valence-corrected chi connectivity index (χ1v) is 15.8. The Bertz CT molecular complexity index is 1390. The minimum atomic E-state index is -0.400. The van der Waals surface area contributed by atoms with Gasteiger partial charge in [0.1, 0.15) is 11.8 Å². The van der Waals surface area contributed by atoms with Crippen LogP contribution >= 0.6 is 0 Å². The van der Waals surface area contributed by atoms with Gasteiger partial charge in [0.15, 0.2) is 5.78 Å². The number of unbranched alkanes of at least 4 members (excludes halogenated alkanes) is 3. The van der Waals surface area contributed by atoms with Crippen LogP contribution in [-0.4, -0.2) is 54.2 Å². The van der Waals surface area contributed by atoms with Gasteiger partial charge in [0.05, 0.1) is 5.70 Å². The molecule has 3 aliphatic rings. The number of allylic oxidation sites excluding steroid dienone is 1. The molecule has 2 fully saturated rings. The maximum Gasteiger partial charge on any atom is 0.172 e. The Morgan fingerprint density at radius 1 is 0.857 bits per heavy atom. The van der Waals surface area contributed by atoms with Crippen molar-refractivity contribution in [2.45, 2.75) is 57.4 Å². The Labute approximate surface area is 250 Å². The summed E-state index contributed by atoms with van der Waals surface area (Å²) in [7, 11) is 0. The summed E-state index contributed by atoms with van der Waals surface area (Å²) in [5, 5.41) is 3.72. The van der Waals surface area contributed by atoms with Gasteiger partial charge in [-0.3, -0.25) is 9.78 Å². The van der Waals surface area contributed by atoms with Gasteiger partial charge in [-0.05, 0) is 54.2 Å². The zero-order valence-corrected chi connectivity index (χ0v) is 24.8. The number of nitrogens with zero attached hydrogens (tertiary/aromatic N) is 4. The van der Waals surface area contributed by atoms with Crippen LogP contribution in [0.25, 0.3) is 5.70 Å². The highest BCUT2D eigenvalue weighted by Gasteiger charge is 2.35. The van der Waals surface area contributed by atoms with E-state index < -0.39 is 5.92 Å². The van der Waals surface area contributed by atoms with Gasteiger partial charge in [-0.2, -0.15) is 0 Å². The van der Waals surface area contributed by atoms with Crippen molar-refractivity contribution in [2.75, 3.05) is 37.6 Å². The van der Waals surface area contributed by atoms with E-state index in [1.165, 1.54) is 56.3 Å². The fourth-order valence-corrected chi connectivity index (χ4v) is 6.71. The number of pyridine rings is 1. The number of nitrogens with one attached hydrogen (secondary N) is 1. The molecule has 0 radical (unpaired) electrons. The van der Waals surface area contributed by atoms with Crippen LogP contribution in [0.15, 0.2) is 90.2 Å². The van der Waals surface area contributed by atoms with Crippen molar-refractivity contribution in [3.8, 4) is 0 Å². The summed E-state index contributed by atoms with van der Waals surface area (Å²) < 4.78 is 0. The lowest BCUT2D eigenvalue weighted by molar-refractivity contribution is -0.114. The smallest absolute Gasteiger partial charge is 0.172 e. The molecule has 6 heteroatoms. The third-order valence-electron chi connectivity index (χ3n) is 9.08. The lowest BCUT2D eigenvalue weighted by Crippen LogP contribution is -2.51. The summed E-state index contributed by atoms with van der Waals surface area (Å²) in [6, 6.07) is 23.2. The Hall–Kier alpha value is -3.77. The third-order valence-corrected chi connectivity index (χ3v) is 9.08. The second-order valence-electron chi connectivity index (χ2n) is 12.0. The number of benzene rings is 2. The average Bonchev–Trinajstić information content (AvgIpc) is 3.53. The maximum absolute atomic E-state index is 13.6. The molecule has 218 valence electrons. The van der Waals surface area contributed by atoms with Crippen molar-refractivity contribution in [3.63, 3.8) is 0 Å². The Balaban J connectivity index is 1.17. The number of piperazine rings is 1. The summed E-state index contributed by atoms with van der Waals surface area (Å²) in [6.45, 7) is 7.04. The monoisotopic (exact) mass is 561 g/mol. The minimum Gasteiger partial charge on any atom is -0.371 e. The fraction of sp³-hybridized carbons (Fsp3) is 0.417. The van der Waals surface area contributed by atoms with Crippen LogP contribution in [0, 0.1) is 5.92 Å². The number of rotatable bonds is 9. The number of ketones is 1. The number of carbonyl (C=O) groups is 1. The largest absolute Gasteiger partial charge is 0.371 e. The highest BCUT2D eigenvalue weighted by molar-refractivity contribution is 6.19. The molecule has 42 heavy (non-hydrogen) atoms. The van der Waals surface area contributed by atoms with Gasteiger partial charge in [-0.25, -0.2) is 4.99 Å². The number of amidine groups is 1. The van der Waals surface area contributed by atoms with Gasteiger partial charge < -0.3 is 15.1 Å². The molecule has 3 aromatic rings. The molecule has 3 aliphatic heterocycles. The molecule has 6 nitrogen and oxygen atoms in total. The summed E-state index contributed by atoms with van der Waals surface area (Å²) in [6.07, 6.45) is 13.3. The van der Waals surface area contributed by atoms with E-state index in [2.05, 4.69) is 51.3 Å². The molecular formula is C36H43N5O. The quantitative estimate of drug-likeness (QED) is 0.297. The van der Waals surface area contributed by atoms with E-state index in [1.54, 1.807) is 18.5 Å². The highest BCUT2D eigenvalue weighted by Crippen LogP contribution is 2.33. The zero-order chi connectivity index (χ0) is 28.7. The van der Waals surface area contributed by atoms with E-state index in [9.17, 15) is 4.79 Å². The molecule has 2 unspecified atom stereocenters. The van der Waals surface area contributed by atoms with Crippen LogP contribution in [-0.2, 0) is 4.79 Å². The Kier molecular flexibility index (Phi) is 9.09. The zero-order valence-electron chi connectivity index (χ0n) is 24.8. The lowest BCUT2D eigenvalue weighted by Gasteiger charge is -2.39. The van der Waals surface area contributed by atoms with Gasteiger partial charge in [0, 0.05) is 68.5 Å². The fourth-order valence-electron chi connectivity index (χ4n) is 6.71. The Morgan fingerprint density at radius 3 is 2.45 bits per heavy atom. The second kappa shape index (κ2) is 13.5. The van der Waals surface area contributed by atoms with Gasteiger partial charge in [-0.1, -0.05) is 75.1 Å². The normalized spacial score (nSPS) is 22.7. The molecular weight excluding hydrogens is 518 g/mol. The van der Waals surface area contributed by atoms with Crippen LogP contribution < -0.4 is 10.2 Å². The maximum atomic E-state index is 13.6. The predicted octanol–water partition coefficient (Wildman–Crippen LogP) is 6.63. The molecule has 1 N–H and O–H groups in total. The van der Waals surface area contributed by atoms with Crippen molar-refractivity contribution in [2.24, 2.45) is 10.9 Å². The average molecular weight is 562 g/mol. The molecule has 3 atom stereocenters. The molecule has 2 aromatic carbocycles. The molecule has 6 rings (SSSR count). The van der Waals surface area contributed by atoms with Crippen LogP contribution in [0.3, 0.4) is 0 Å². The summed E-state index contributed by atoms with van der Waals surface area (Å²) in [5.41, 5.74) is 5.22. The van der Waals surface area contributed by atoms with E-state index in [4.69, 9.17) is 4.99 Å². The standard InChI is InChI=1S/C36H43N5O/c1-2-3-4-6-9-27-18-22-40(25-27)31-14-12-28(13-15-31)33-26-41(23-21-38-33)36-35(30-10-7-5-8-11-30)34(42)24-32(39-36)29-16-19-37-20-17-29/h5,7-8,10-17,19-20,24,27,33,35,38H,2-4,6,9,18,21-23,25-26H2,1H3/t27-,33?,35?/m0/s1. The first-order chi connectivity index (χ1) is 20.7. The summed E-state index contributed by atoms with van der Waals surface area (Å²) in [4.78, 5) is 27.8. The SMILES string of the molecule is CCCCCC[C@H]1CCN(c2ccc(C3CN(C4=NC(c5ccncc5)=CC(=O)C4c4ccccc4)CCN3)cc2)C1. The molecule has 0 spiro atoms. The number of aliphatic imine (C=N–C) groups is 1. The van der Waals surface area contributed by atoms with Crippen LogP contribution in [0.2, 0.25) is 0 Å². The van der Waals surface area contributed by atoms with Crippen molar-refractivity contribution in [1.29, 1.82) is 0 Å². The van der Waals surface area contributed by atoms with Crippen molar-refractivity contribution in [1.82, 2.24) is 15.2 Å². The Morgan fingerprint density at radius 2 is 1.67 bits per heavy atom. The molecule has 0 aliphatic carbocycles. The molecule has 0 amide bonds. The number of hydrogen-bond acceptors (Lipinski definition) is 6. The number of anilines is 1. The first kappa shape index (κ1) is 28.4. The lowest BCUT2D eigenvalue weighted by atomic mass is 9.89. The summed E-state index contributed by atoms with van der Waals surface area (Å²) >= 11 is 0. The predicted molar refractivity (Wildman–Crippen MR) is 172 cm³/mol. The first-order valence-electron chi connectivity index (χ1n) is 15.8. The number of aromatic nitrogens is 1. The van der Waals surface area contributed by atoms with E-state index in [0.29, 0.717) is 5.70 Å². The van der Waals surface area contributed by atoms with E-state index >= 15 is 0 Å². The van der Waals surface area contributed by atoms with Crippen LogP contribution in [0.1, 0.15) is 74.1 Å². The second-order valence-corrected chi connectivity index (χ2v) is 12.0. The molecule has 1 aromatic heterocycles. The van der Waals surface area contributed by atoms with E-state index in [1.807, 2.05) is 42.5 Å². The number of carbonyl (C=O) groups excluding carboxylic acids is 1. The van der Waals surface area contributed by atoms with Gasteiger partial charge in [0.25, 0.3) is 0 Å². The summed E-state index contributed by atoms with van der Waals surface area (Å²) in [5.74, 6) is 1.35. The molecule has 0 bridgehead atoms. The number of hydrogen-bond donors (Lipinski definition) is 1. The van der Waals surface area contributed by atoms with Crippen LogP contribution in [0.5, 0.6) is 0 Å². The van der Waals surface area contributed by atoms with E-state index in [-0.39, 0.29) is 11.8 Å². The highest BCUT2D eigenvalue weighted by atomic mass is 16.1. The van der Waals surface area contributed by atoms with Crippen molar-refractivity contribution < 1.29 is 4.79 Å².